The van der Waals surface area contributed by atoms with E-state index in [4.69, 9.17) is 19.4 Å². The van der Waals surface area contributed by atoms with E-state index < -0.39 is 34.9 Å². The van der Waals surface area contributed by atoms with E-state index in [2.05, 4.69) is 65.2 Å². The minimum Gasteiger partial charge on any atom is -0.464 e. The highest BCUT2D eigenvalue weighted by molar-refractivity contribution is 7.10. The molecule has 0 radical (unpaired) electrons. The van der Waals surface area contributed by atoms with Crippen LogP contribution in [0.25, 0.3) is 33.4 Å². The summed E-state index contributed by atoms with van der Waals surface area (Å²) in [5, 5.41) is 8.40. The molecule has 3 unspecified atom stereocenters. The SMILES string of the molecule is CCn1c(-c2cccnc2C(C)OC)c2c3cc(ccc31)-c1csc(n1)CC(NC(=O)C(C(C)C)N(C)CCC1(C=O)CN(C)C1)C(=O)N1CCC[C@H](N1)C(=O)OCC(C)(C)C2. The van der Waals surface area contributed by atoms with Crippen LogP contribution in [0.4, 0.5) is 0 Å². The fourth-order valence-corrected chi connectivity index (χ4v) is 10.5. The number of aldehydes is 1. The van der Waals surface area contributed by atoms with Gasteiger partial charge in [0, 0.05) is 78.7 Å². The number of fused-ring (bicyclic) bond motifs is 6. The van der Waals surface area contributed by atoms with Gasteiger partial charge in [-0.15, -0.1) is 11.3 Å². The number of likely N-dealkylation sites (tertiary alicyclic amines) is 1. The highest BCUT2D eigenvalue weighted by Gasteiger charge is 2.42. The number of esters is 1. The molecular formula is C47H64N8O6S. The summed E-state index contributed by atoms with van der Waals surface area (Å²) < 4.78 is 14.3. The van der Waals surface area contributed by atoms with E-state index in [0.717, 1.165) is 51.0 Å². The third-order valence-electron chi connectivity index (χ3n) is 12.9. The Morgan fingerprint density at radius 2 is 1.97 bits per heavy atom. The van der Waals surface area contributed by atoms with Crippen LogP contribution in [0.5, 0.6) is 0 Å². The predicted molar refractivity (Wildman–Crippen MR) is 241 cm³/mol. The average molecular weight is 869 g/mol. The monoisotopic (exact) mass is 868 g/mol. The number of pyridine rings is 1. The number of nitrogens with zero attached hydrogens (tertiary/aromatic N) is 6. The van der Waals surface area contributed by atoms with Gasteiger partial charge < -0.3 is 29.1 Å². The first-order valence-corrected chi connectivity index (χ1v) is 22.9. The van der Waals surface area contributed by atoms with Gasteiger partial charge in [0.15, 0.2) is 0 Å². The smallest absolute Gasteiger partial charge is 0.324 e. The van der Waals surface area contributed by atoms with Crippen molar-refractivity contribution < 1.29 is 28.7 Å². The number of benzene rings is 1. The van der Waals surface area contributed by atoms with Crippen molar-refractivity contribution in [1.82, 2.24) is 40.1 Å². The van der Waals surface area contributed by atoms with Crippen molar-refractivity contribution in [2.45, 2.75) is 104 Å². The number of methoxy groups -OCH3 is 1. The first-order chi connectivity index (χ1) is 29.6. The molecule has 2 saturated heterocycles. The predicted octanol–water partition coefficient (Wildman–Crippen LogP) is 5.68. The summed E-state index contributed by atoms with van der Waals surface area (Å²) in [6.45, 7) is 15.6. The molecule has 4 atom stereocenters. The number of rotatable bonds is 12. The molecule has 7 rings (SSSR count). The number of cyclic esters (lactones) is 1. The summed E-state index contributed by atoms with van der Waals surface area (Å²) >= 11 is 1.46. The summed E-state index contributed by atoms with van der Waals surface area (Å²) in [6.07, 6.45) is 5.11. The van der Waals surface area contributed by atoms with E-state index in [0.29, 0.717) is 63.4 Å². The molecule has 62 heavy (non-hydrogen) atoms. The Kier molecular flexibility index (Phi) is 13.7. The zero-order valence-electron chi connectivity index (χ0n) is 37.8. The van der Waals surface area contributed by atoms with Crippen molar-refractivity contribution in [3.8, 4) is 22.5 Å². The minimum absolute atomic E-state index is 0.0791. The van der Waals surface area contributed by atoms with Crippen LogP contribution in [0.1, 0.15) is 83.2 Å². The number of hydrazine groups is 1. The molecule has 2 N–H and O–H groups in total. The van der Waals surface area contributed by atoms with Gasteiger partial charge in [0.05, 0.1) is 46.3 Å². The molecule has 6 heterocycles. The minimum atomic E-state index is -0.962. The molecule has 0 saturated carbocycles. The standard InChI is InChI=1S/C47H64N8O6S/c1-10-54-38-16-15-31-21-33(38)34(42(54)32-13-11-18-48-40(32)30(4)60-9)23-46(5,6)28-61-45(59)35-14-12-19-55(51-35)44(58)36(22-39-49-37(31)24-62-39)50-43(57)41(29(2)3)53(8)20-17-47(27-56)25-52(7)26-47/h11,13,15-16,18,21,24,27,29-30,35-36,41,51H,10,12,14,17,19-20,22-23,25-26,28H2,1-9H3,(H,50,57)/t30?,35-,36?,41?/m0/s1. The van der Waals surface area contributed by atoms with Crippen LogP contribution in [0.2, 0.25) is 0 Å². The highest BCUT2D eigenvalue weighted by Crippen LogP contribution is 2.42. The Labute approximate surface area is 369 Å². The van der Waals surface area contributed by atoms with Gasteiger partial charge in [-0.05, 0) is 95.9 Å². The van der Waals surface area contributed by atoms with Gasteiger partial charge in [-0.25, -0.2) is 10.4 Å². The normalized spacial score (nSPS) is 21.6. The molecule has 1 aromatic carbocycles. The van der Waals surface area contributed by atoms with E-state index in [1.54, 1.807) is 13.3 Å². The van der Waals surface area contributed by atoms with E-state index in [9.17, 15) is 19.2 Å². The van der Waals surface area contributed by atoms with Crippen molar-refractivity contribution in [1.29, 1.82) is 0 Å². The fraction of sp³-hybridized carbons (Fsp3) is 0.574. The number of nitrogens with one attached hydrogen (secondary N) is 2. The average Bonchev–Trinajstić information content (AvgIpc) is 3.84. The van der Waals surface area contributed by atoms with Gasteiger partial charge in [-0.1, -0.05) is 33.8 Å². The Hall–Kier alpha value is -4.54. The lowest BCUT2D eigenvalue weighted by Crippen LogP contribution is -2.62. The van der Waals surface area contributed by atoms with Crippen LogP contribution in [-0.4, -0.2) is 126 Å². The molecule has 3 aromatic heterocycles. The summed E-state index contributed by atoms with van der Waals surface area (Å²) in [6, 6.07) is 8.27. The molecule has 2 fully saturated rings. The molecule has 3 aliphatic heterocycles. The van der Waals surface area contributed by atoms with Crippen molar-refractivity contribution >= 4 is 46.3 Å². The van der Waals surface area contributed by atoms with Crippen LogP contribution in [0.3, 0.4) is 0 Å². The van der Waals surface area contributed by atoms with Crippen molar-refractivity contribution in [2.75, 3.05) is 54.0 Å². The Bertz CT molecular complexity index is 2280. The number of carbonyl (C=O) groups is 4. The Morgan fingerprint density at radius 1 is 1.19 bits per heavy atom. The largest absolute Gasteiger partial charge is 0.464 e. The van der Waals surface area contributed by atoms with Crippen molar-refractivity contribution in [3.05, 3.63) is 58.2 Å². The zero-order chi connectivity index (χ0) is 44.5. The molecule has 334 valence electrons. The van der Waals surface area contributed by atoms with Gasteiger partial charge in [-0.3, -0.25) is 29.3 Å². The number of thiazole rings is 1. The van der Waals surface area contributed by atoms with Crippen LogP contribution in [0.15, 0.2) is 41.9 Å². The summed E-state index contributed by atoms with van der Waals surface area (Å²) in [5.74, 6) is -1.11. The molecule has 2 amide bonds. The lowest BCUT2D eigenvalue weighted by Gasteiger charge is -2.46. The number of likely N-dealkylation sites (N-methyl/N-ethyl adjacent to an activating group) is 1. The fourth-order valence-electron chi connectivity index (χ4n) is 9.69. The lowest BCUT2D eigenvalue weighted by atomic mass is 9.78. The number of aryl methyl sites for hydroxylation is 1. The molecule has 0 aliphatic carbocycles. The van der Waals surface area contributed by atoms with Gasteiger partial charge in [0.1, 0.15) is 18.4 Å². The zero-order valence-corrected chi connectivity index (χ0v) is 38.6. The van der Waals surface area contributed by atoms with Gasteiger partial charge >= 0.3 is 5.97 Å². The molecule has 15 heteroatoms. The molecular weight excluding hydrogens is 805 g/mol. The maximum absolute atomic E-state index is 14.6. The molecule has 0 spiro atoms. The van der Waals surface area contributed by atoms with Crippen LogP contribution < -0.4 is 10.7 Å². The van der Waals surface area contributed by atoms with Gasteiger partial charge in [0.2, 0.25) is 5.91 Å². The van der Waals surface area contributed by atoms with Gasteiger partial charge in [0.25, 0.3) is 5.91 Å². The maximum atomic E-state index is 14.6. The van der Waals surface area contributed by atoms with E-state index >= 15 is 0 Å². The summed E-state index contributed by atoms with van der Waals surface area (Å²) in [7, 11) is 5.60. The quantitative estimate of drug-likeness (QED) is 0.134. The number of ether oxygens (including phenoxy) is 2. The van der Waals surface area contributed by atoms with Crippen molar-refractivity contribution in [2.24, 2.45) is 16.7 Å². The first kappa shape index (κ1) is 45.5. The number of amides is 2. The Morgan fingerprint density at radius 3 is 2.66 bits per heavy atom. The second kappa shape index (κ2) is 18.7. The Balaban J connectivity index is 1.27. The molecule has 3 aliphatic rings. The molecule has 14 nitrogen and oxygen atoms in total. The summed E-state index contributed by atoms with van der Waals surface area (Å²) in [4.78, 5) is 68.8. The van der Waals surface area contributed by atoms with Gasteiger partial charge in [-0.2, -0.15) is 0 Å². The highest BCUT2D eigenvalue weighted by atomic mass is 32.1. The number of hydrogen-bond donors (Lipinski definition) is 2. The second-order valence-corrected chi connectivity index (χ2v) is 19.8. The number of carbonyl (C=O) groups excluding carboxylic acids is 4. The lowest BCUT2D eigenvalue weighted by molar-refractivity contribution is -0.155. The molecule has 4 aromatic rings. The van der Waals surface area contributed by atoms with E-state index in [-0.39, 0.29) is 36.9 Å². The van der Waals surface area contributed by atoms with E-state index in [1.165, 1.54) is 16.3 Å². The first-order valence-electron chi connectivity index (χ1n) is 22.0. The van der Waals surface area contributed by atoms with Crippen LogP contribution in [0, 0.1) is 16.7 Å². The third-order valence-corrected chi connectivity index (χ3v) is 13.8. The summed E-state index contributed by atoms with van der Waals surface area (Å²) in [5.41, 5.74) is 9.11. The molecule has 6 bridgehead atoms. The topological polar surface area (TPSA) is 151 Å². The maximum Gasteiger partial charge on any atom is 0.324 e. The van der Waals surface area contributed by atoms with E-state index in [1.807, 2.05) is 51.2 Å². The number of hydrogen-bond acceptors (Lipinski definition) is 12. The second-order valence-electron chi connectivity index (χ2n) is 18.8. The van der Waals surface area contributed by atoms with Crippen LogP contribution in [-0.2, 0) is 48.0 Å². The number of aromatic nitrogens is 3. The third kappa shape index (κ3) is 9.37. The van der Waals surface area contributed by atoms with Crippen LogP contribution >= 0.6 is 11.3 Å². The van der Waals surface area contributed by atoms with Crippen molar-refractivity contribution in [3.63, 3.8) is 0 Å².